The molecule has 0 aliphatic carbocycles. The van der Waals surface area contributed by atoms with Crippen LogP contribution in [-0.4, -0.2) is 4.98 Å². The van der Waals surface area contributed by atoms with Gasteiger partial charge in [0.2, 0.25) is 0 Å². The third kappa shape index (κ3) is 6.13. The standard InChI is InChI=1S/C17H9N.3Y/c1-2-6-14(7-3-1)15-8-4-9-16(12-15)17-10-5-11-18-13-17;;;/h1-6,9,11,13H;;;/q-4;;;. The molecule has 0 amide bonds. The zero-order chi connectivity index (χ0) is 12.2. The normalized spacial score (nSPS) is 8.76. The largest absolute Gasteiger partial charge is 0.379 e. The quantitative estimate of drug-likeness (QED) is 0.497. The maximum absolute atomic E-state index is 4.09. The summed E-state index contributed by atoms with van der Waals surface area (Å²) in [7, 11) is 0. The number of hydrogen-bond donors (Lipinski definition) is 0. The fraction of sp³-hybridized carbons (Fsp3) is 0. The van der Waals surface area contributed by atoms with Crippen molar-refractivity contribution < 1.29 is 98.1 Å². The van der Waals surface area contributed by atoms with E-state index < -0.39 is 0 Å². The monoisotopic (exact) mass is 494 g/mol. The fourth-order valence-electron chi connectivity index (χ4n) is 1.74. The number of aromatic nitrogens is 1. The topological polar surface area (TPSA) is 12.9 Å². The molecule has 3 aromatic rings. The van der Waals surface area contributed by atoms with E-state index in [1.165, 1.54) is 0 Å². The number of pyridine rings is 1. The van der Waals surface area contributed by atoms with E-state index in [9.17, 15) is 0 Å². The molecule has 0 fully saturated rings. The van der Waals surface area contributed by atoms with Gasteiger partial charge in [0.05, 0.1) is 0 Å². The van der Waals surface area contributed by atoms with Gasteiger partial charge in [-0.25, -0.2) is 12.1 Å². The predicted octanol–water partition coefficient (Wildman–Crippen LogP) is 3.61. The van der Waals surface area contributed by atoms with Gasteiger partial charge < -0.3 is 28.2 Å². The van der Waals surface area contributed by atoms with Crippen molar-refractivity contribution in [2.45, 2.75) is 0 Å². The molecule has 1 nitrogen and oxygen atoms in total. The van der Waals surface area contributed by atoms with Crippen LogP contribution >= 0.6 is 0 Å². The smallest absolute Gasteiger partial charge is 0 e. The average molecular weight is 494 g/mol. The molecule has 21 heavy (non-hydrogen) atoms. The number of hydrogen-bond acceptors (Lipinski definition) is 1. The summed E-state index contributed by atoms with van der Waals surface area (Å²) >= 11 is 0. The minimum Gasteiger partial charge on any atom is -0.379 e. The van der Waals surface area contributed by atoms with Crippen molar-refractivity contribution in [1.82, 2.24) is 4.98 Å². The Hall–Kier alpha value is 0.902. The molecule has 0 aliphatic rings. The van der Waals surface area contributed by atoms with E-state index in [2.05, 4.69) is 29.2 Å². The van der Waals surface area contributed by atoms with Gasteiger partial charge in [-0.15, -0.1) is 18.2 Å². The second kappa shape index (κ2) is 11.4. The molecule has 1 aromatic heterocycles. The molecule has 0 saturated heterocycles. The van der Waals surface area contributed by atoms with E-state index in [-0.39, 0.29) is 98.1 Å². The molecule has 3 rings (SSSR count). The van der Waals surface area contributed by atoms with Crippen LogP contribution < -0.4 is 0 Å². The van der Waals surface area contributed by atoms with Crippen molar-refractivity contribution >= 4 is 0 Å². The molecule has 0 unspecified atom stereocenters. The molecule has 4 heteroatoms. The summed E-state index contributed by atoms with van der Waals surface area (Å²) in [4.78, 5) is 4.09. The number of nitrogens with zero attached hydrogens (tertiary/aromatic N) is 1. The maximum atomic E-state index is 4.09. The van der Waals surface area contributed by atoms with Crippen molar-refractivity contribution in [2.24, 2.45) is 0 Å². The Bertz CT molecular complexity index is 588. The Morgan fingerprint density at radius 3 is 2.19 bits per heavy atom. The first-order valence-electron chi connectivity index (χ1n) is 5.67. The van der Waals surface area contributed by atoms with Crippen molar-refractivity contribution in [1.29, 1.82) is 0 Å². The van der Waals surface area contributed by atoms with Gasteiger partial charge in [-0.2, -0.15) is 17.7 Å². The molecule has 0 atom stereocenters. The average Bonchev–Trinajstić information content (AvgIpc) is 2.49. The van der Waals surface area contributed by atoms with Gasteiger partial charge in [0.15, 0.2) is 0 Å². The molecule has 0 saturated carbocycles. The van der Waals surface area contributed by atoms with Crippen LogP contribution in [0, 0.1) is 24.3 Å². The third-order valence-corrected chi connectivity index (χ3v) is 2.61. The van der Waals surface area contributed by atoms with E-state index in [0.29, 0.717) is 0 Å². The van der Waals surface area contributed by atoms with E-state index >= 15 is 0 Å². The van der Waals surface area contributed by atoms with Crippen LogP contribution in [0.1, 0.15) is 0 Å². The number of benzene rings is 2. The molecular formula is C17H9NY3-4. The van der Waals surface area contributed by atoms with Crippen molar-refractivity contribution in [3.63, 3.8) is 0 Å². The zero-order valence-electron chi connectivity index (χ0n) is 11.4. The van der Waals surface area contributed by atoms with Gasteiger partial charge >= 0.3 is 0 Å². The SMILES string of the molecule is [Y].[Y].[Y].[c-]1ccc(-c2[c-]ccnc2)[c-]c1-c1[c-]cccc1. The van der Waals surface area contributed by atoms with E-state index in [0.717, 1.165) is 22.3 Å². The van der Waals surface area contributed by atoms with Crippen LogP contribution in [0.25, 0.3) is 22.3 Å². The van der Waals surface area contributed by atoms with Crippen molar-refractivity contribution in [3.8, 4) is 22.3 Å². The van der Waals surface area contributed by atoms with Gasteiger partial charge in [0.25, 0.3) is 0 Å². The second-order valence-corrected chi connectivity index (χ2v) is 3.82. The van der Waals surface area contributed by atoms with E-state index in [1.54, 1.807) is 18.5 Å². The van der Waals surface area contributed by atoms with Crippen LogP contribution in [0.15, 0.2) is 54.9 Å². The summed E-state index contributed by atoms with van der Waals surface area (Å²) in [5.41, 5.74) is 3.80. The maximum Gasteiger partial charge on any atom is 0 e. The predicted molar refractivity (Wildman–Crippen MR) is 70.5 cm³/mol. The first-order chi connectivity index (χ1) is 8.93. The Morgan fingerprint density at radius 2 is 1.52 bits per heavy atom. The first kappa shape index (κ1) is 21.9. The Kier molecular flexibility index (Phi) is 11.9. The molecule has 3 radical (unpaired) electrons. The van der Waals surface area contributed by atoms with Crippen LogP contribution in [0.2, 0.25) is 0 Å². The fourth-order valence-corrected chi connectivity index (χ4v) is 1.74. The Balaban J connectivity index is 0.00000133. The summed E-state index contributed by atoms with van der Waals surface area (Å²) in [5, 5.41) is 0. The molecule has 0 aliphatic heterocycles. The molecule has 1 heterocycles. The van der Waals surface area contributed by atoms with Crippen LogP contribution in [0.3, 0.4) is 0 Å². The van der Waals surface area contributed by atoms with E-state index in [1.807, 2.05) is 36.4 Å². The summed E-state index contributed by atoms with van der Waals surface area (Å²) < 4.78 is 0. The molecule has 0 N–H and O–H groups in total. The second-order valence-electron chi connectivity index (χ2n) is 3.82. The van der Waals surface area contributed by atoms with Gasteiger partial charge in [-0.05, 0) is 0 Å². The van der Waals surface area contributed by atoms with Crippen molar-refractivity contribution in [2.75, 3.05) is 0 Å². The molecule has 0 bridgehead atoms. The third-order valence-electron chi connectivity index (χ3n) is 2.61. The molecule has 2 aromatic carbocycles. The van der Waals surface area contributed by atoms with Gasteiger partial charge in [-0.1, -0.05) is 12.4 Å². The van der Waals surface area contributed by atoms with Gasteiger partial charge in [-0.3, -0.25) is 17.7 Å². The number of rotatable bonds is 2. The van der Waals surface area contributed by atoms with Gasteiger partial charge in [0.1, 0.15) is 0 Å². The zero-order valence-corrected chi connectivity index (χ0v) is 19.9. The molecule has 0 spiro atoms. The molecule has 95 valence electrons. The Morgan fingerprint density at radius 1 is 0.714 bits per heavy atom. The van der Waals surface area contributed by atoms with Crippen molar-refractivity contribution in [3.05, 3.63) is 79.1 Å². The minimum absolute atomic E-state index is 0. The first-order valence-corrected chi connectivity index (χ1v) is 5.67. The summed E-state index contributed by atoms with van der Waals surface area (Å²) in [5.74, 6) is 0. The minimum atomic E-state index is 0. The summed E-state index contributed by atoms with van der Waals surface area (Å²) in [6.07, 6.45) is 3.49. The van der Waals surface area contributed by atoms with Crippen LogP contribution in [0.5, 0.6) is 0 Å². The van der Waals surface area contributed by atoms with Crippen LogP contribution in [-0.2, 0) is 98.1 Å². The van der Waals surface area contributed by atoms with Gasteiger partial charge in [0, 0.05) is 98.1 Å². The Labute approximate surface area is 201 Å². The summed E-state index contributed by atoms with van der Waals surface area (Å²) in [6, 6.07) is 26.3. The molecular weight excluding hydrogens is 485 g/mol. The van der Waals surface area contributed by atoms with E-state index in [4.69, 9.17) is 0 Å². The summed E-state index contributed by atoms with van der Waals surface area (Å²) in [6.45, 7) is 0. The van der Waals surface area contributed by atoms with Crippen LogP contribution in [0.4, 0.5) is 0 Å².